The highest BCUT2D eigenvalue weighted by Gasteiger charge is 2.35. The molecule has 0 amide bonds. The molecule has 1 aromatic heterocycles. The predicted octanol–water partition coefficient (Wildman–Crippen LogP) is 2.96. The second-order valence-electron chi connectivity index (χ2n) is 3.95. The van der Waals surface area contributed by atoms with E-state index in [2.05, 4.69) is 15.9 Å². The average molecular weight is 274 g/mol. The van der Waals surface area contributed by atoms with Gasteiger partial charge in [0.2, 0.25) is 0 Å². The highest BCUT2D eigenvalue weighted by Crippen LogP contribution is 2.34. The Balaban J connectivity index is 2.06. The van der Waals surface area contributed by atoms with Crippen LogP contribution in [0.2, 0.25) is 0 Å². The number of thiophene rings is 1. The van der Waals surface area contributed by atoms with Crippen molar-refractivity contribution in [3.63, 3.8) is 0 Å². The molecule has 1 heterocycles. The lowest BCUT2D eigenvalue weighted by Crippen LogP contribution is -2.48. The summed E-state index contributed by atoms with van der Waals surface area (Å²) in [7, 11) is 0. The predicted molar refractivity (Wildman–Crippen MR) is 61.7 cm³/mol. The van der Waals surface area contributed by atoms with Gasteiger partial charge in [-0.25, -0.2) is 0 Å². The van der Waals surface area contributed by atoms with Crippen molar-refractivity contribution in [2.24, 2.45) is 5.73 Å². The van der Waals surface area contributed by atoms with E-state index in [1.807, 2.05) is 10.8 Å². The fourth-order valence-corrected chi connectivity index (χ4v) is 3.22. The first-order chi connectivity index (χ1) is 6.61. The van der Waals surface area contributed by atoms with E-state index in [4.69, 9.17) is 5.73 Å². The third kappa shape index (κ3) is 1.92. The Morgan fingerprint density at radius 3 is 2.71 bits per heavy atom. The molecule has 2 rings (SSSR count). The molecular weight excluding hydrogens is 262 g/mol. The lowest BCUT2D eigenvalue weighted by atomic mass is 9.74. The standard InChI is InChI=1S/C10H12BrNOS/c11-8-6-14-5-7(8)9(13)4-10(12)2-1-3-10/h5-6H,1-4,12H2. The Hall–Kier alpha value is -0.190. The molecule has 1 aliphatic carbocycles. The molecule has 0 spiro atoms. The Morgan fingerprint density at radius 1 is 1.57 bits per heavy atom. The van der Waals surface area contributed by atoms with Crippen molar-refractivity contribution in [2.45, 2.75) is 31.2 Å². The average Bonchev–Trinajstić information content (AvgIpc) is 2.48. The van der Waals surface area contributed by atoms with Crippen molar-refractivity contribution in [2.75, 3.05) is 0 Å². The maximum atomic E-state index is 11.8. The van der Waals surface area contributed by atoms with Crippen LogP contribution in [0.1, 0.15) is 36.0 Å². The van der Waals surface area contributed by atoms with E-state index >= 15 is 0 Å². The fraction of sp³-hybridized carbons (Fsp3) is 0.500. The molecule has 4 heteroatoms. The molecule has 0 atom stereocenters. The fourth-order valence-electron chi connectivity index (χ4n) is 1.70. The Bertz CT molecular complexity index is 357. The van der Waals surface area contributed by atoms with Gasteiger partial charge in [-0.05, 0) is 35.2 Å². The monoisotopic (exact) mass is 273 g/mol. The van der Waals surface area contributed by atoms with Gasteiger partial charge in [0.25, 0.3) is 0 Å². The molecule has 0 unspecified atom stereocenters. The third-order valence-corrected chi connectivity index (χ3v) is 4.48. The number of ketones is 1. The van der Waals surface area contributed by atoms with Gasteiger partial charge in [0.05, 0.1) is 0 Å². The Labute approximate surface area is 95.6 Å². The van der Waals surface area contributed by atoms with Crippen LogP contribution in [0.25, 0.3) is 0 Å². The van der Waals surface area contributed by atoms with Crippen molar-refractivity contribution in [3.8, 4) is 0 Å². The lowest BCUT2D eigenvalue weighted by molar-refractivity contribution is 0.0912. The summed E-state index contributed by atoms with van der Waals surface area (Å²) in [4.78, 5) is 11.8. The van der Waals surface area contributed by atoms with Gasteiger partial charge in [0.15, 0.2) is 5.78 Å². The largest absolute Gasteiger partial charge is 0.325 e. The SMILES string of the molecule is NC1(CC(=O)c2cscc2Br)CCC1. The van der Waals surface area contributed by atoms with Crippen LogP contribution in [-0.4, -0.2) is 11.3 Å². The summed E-state index contributed by atoms with van der Waals surface area (Å²) in [5, 5.41) is 3.81. The topological polar surface area (TPSA) is 43.1 Å². The van der Waals surface area contributed by atoms with Gasteiger partial charge >= 0.3 is 0 Å². The summed E-state index contributed by atoms with van der Waals surface area (Å²) < 4.78 is 0.899. The Morgan fingerprint density at radius 2 is 2.29 bits per heavy atom. The van der Waals surface area contributed by atoms with Crippen LogP contribution in [0.5, 0.6) is 0 Å². The van der Waals surface area contributed by atoms with Crippen LogP contribution in [0.3, 0.4) is 0 Å². The lowest BCUT2D eigenvalue weighted by Gasteiger charge is -2.37. The van der Waals surface area contributed by atoms with Crippen LogP contribution >= 0.6 is 27.3 Å². The highest BCUT2D eigenvalue weighted by molar-refractivity contribution is 9.10. The molecule has 2 nitrogen and oxygen atoms in total. The molecule has 0 radical (unpaired) electrons. The zero-order chi connectivity index (χ0) is 10.2. The molecule has 1 fully saturated rings. The van der Waals surface area contributed by atoms with Crippen LogP contribution in [0.15, 0.2) is 15.2 Å². The number of nitrogens with two attached hydrogens (primary N) is 1. The van der Waals surface area contributed by atoms with Crippen molar-refractivity contribution in [3.05, 3.63) is 20.8 Å². The number of Topliss-reactive ketones (excluding diaryl/α,β-unsaturated/α-hetero) is 1. The maximum absolute atomic E-state index is 11.8. The van der Waals surface area contributed by atoms with E-state index in [1.165, 1.54) is 11.3 Å². The minimum atomic E-state index is -0.210. The first-order valence-electron chi connectivity index (χ1n) is 4.64. The smallest absolute Gasteiger partial charge is 0.166 e. The highest BCUT2D eigenvalue weighted by atomic mass is 79.9. The number of rotatable bonds is 3. The van der Waals surface area contributed by atoms with E-state index in [1.54, 1.807) is 0 Å². The summed E-state index contributed by atoms with van der Waals surface area (Å²) in [6.07, 6.45) is 3.62. The van der Waals surface area contributed by atoms with E-state index < -0.39 is 0 Å². The molecular formula is C10H12BrNOS. The second kappa shape index (κ2) is 3.76. The van der Waals surface area contributed by atoms with Crippen LogP contribution in [-0.2, 0) is 0 Å². The zero-order valence-corrected chi connectivity index (χ0v) is 10.2. The quantitative estimate of drug-likeness (QED) is 0.861. The van der Waals surface area contributed by atoms with Crippen LogP contribution < -0.4 is 5.73 Å². The van der Waals surface area contributed by atoms with Crippen molar-refractivity contribution < 1.29 is 4.79 Å². The van der Waals surface area contributed by atoms with Crippen molar-refractivity contribution in [1.82, 2.24) is 0 Å². The van der Waals surface area contributed by atoms with Gasteiger partial charge in [-0.3, -0.25) is 4.79 Å². The minimum Gasteiger partial charge on any atom is -0.325 e. The summed E-state index contributed by atoms with van der Waals surface area (Å²) in [5.74, 6) is 0.167. The molecule has 0 aromatic carbocycles. The third-order valence-electron chi connectivity index (χ3n) is 2.78. The first-order valence-corrected chi connectivity index (χ1v) is 6.38. The number of hydrogen-bond donors (Lipinski definition) is 1. The number of halogens is 1. The van der Waals surface area contributed by atoms with E-state index in [-0.39, 0.29) is 11.3 Å². The van der Waals surface area contributed by atoms with Gasteiger partial charge in [-0.1, -0.05) is 0 Å². The summed E-state index contributed by atoms with van der Waals surface area (Å²) in [5.41, 5.74) is 6.60. The summed E-state index contributed by atoms with van der Waals surface area (Å²) in [6.45, 7) is 0. The van der Waals surface area contributed by atoms with Gasteiger partial charge in [-0.15, -0.1) is 0 Å². The number of carbonyl (C=O) groups is 1. The zero-order valence-electron chi connectivity index (χ0n) is 7.75. The molecule has 2 N–H and O–H groups in total. The maximum Gasteiger partial charge on any atom is 0.166 e. The van der Waals surface area contributed by atoms with Gasteiger partial charge in [0.1, 0.15) is 0 Å². The molecule has 1 saturated carbocycles. The molecule has 1 aromatic rings. The normalized spacial score (nSPS) is 19.0. The van der Waals surface area contributed by atoms with E-state index in [0.717, 1.165) is 29.3 Å². The summed E-state index contributed by atoms with van der Waals surface area (Å²) >= 11 is 4.90. The van der Waals surface area contributed by atoms with Crippen molar-refractivity contribution in [1.29, 1.82) is 0 Å². The van der Waals surface area contributed by atoms with Crippen molar-refractivity contribution >= 4 is 33.0 Å². The van der Waals surface area contributed by atoms with Gasteiger partial charge < -0.3 is 5.73 Å². The van der Waals surface area contributed by atoms with Gasteiger partial charge in [0, 0.05) is 32.8 Å². The molecule has 14 heavy (non-hydrogen) atoms. The molecule has 0 bridgehead atoms. The van der Waals surface area contributed by atoms with Gasteiger partial charge in [-0.2, -0.15) is 11.3 Å². The summed E-state index contributed by atoms with van der Waals surface area (Å²) in [6, 6.07) is 0. The Kier molecular flexibility index (Phi) is 2.77. The molecule has 0 aliphatic heterocycles. The number of hydrogen-bond acceptors (Lipinski definition) is 3. The number of carbonyl (C=O) groups excluding carboxylic acids is 1. The van der Waals surface area contributed by atoms with E-state index in [9.17, 15) is 4.79 Å². The molecule has 0 saturated heterocycles. The van der Waals surface area contributed by atoms with Crippen LogP contribution in [0, 0.1) is 0 Å². The first kappa shape index (κ1) is 10.3. The minimum absolute atomic E-state index is 0.167. The molecule has 76 valence electrons. The molecule has 1 aliphatic rings. The second-order valence-corrected chi connectivity index (χ2v) is 5.55. The van der Waals surface area contributed by atoms with Crippen LogP contribution in [0.4, 0.5) is 0 Å². The van der Waals surface area contributed by atoms with E-state index in [0.29, 0.717) is 6.42 Å².